The van der Waals surface area contributed by atoms with Gasteiger partial charge in [-0.3, -0.25) is 9.89 Å². The molecule has 1 atom stereocenters. The Bertz CT molecular complexity index is 363. The van der Waals surface area contributed by atoms with Gasteiger partial charge in [-0.05, 0) is 33.2 Å². The van der Waals surface area contributed by atoms with E-state index in [0.29, 0.717) is 12.1 Å². The first kappa shape index (κ1) is 17.3. The molecule has 0 saturated carbocycles. The first-order valence-corrected chi connectivity index (χ1v) is 8.89. The number of hydrogen-bond acceptors (Lipinski definition) is 3. The Morgan fingerprint density at radius 2 is 1.86 bits per heavy atom. The minimum absolute atomic E-state index is 0.510. The molecule has 22 heavy (non-hydrogen) atoms. The minimum atomic E-state index is 0.510. The predicted molar refractivity (Wildman–Crippen MR) is 94.4 cm³/mol. The molecule has 0 aromatic heterocycles. The molecule has 126 valence electrons. The van der Waals surface area contributed by atoms with Gasteiger partial charge in [0.15, 0.2) is 5.96 Å². The number of likely N-dealkylation sites (N-methyl/N-ethyl adjacent to an activating group) is 1. The van der Waals surface area contributed by atoms with E-state index < -0.39 is 0 Å². The average Bonchev–Trinajstić information content (AvgIpc) is 3.05. The normalized spacial score (nSPS) is 23.0. The minimum Gasteiger partial charge on any atom is -0.357 e. The van der Waals surface area contributed by atoms with Gasteiger partial charge >= 0.3 is 0 Å². The maximum absolute atomic E-state index is 4.80. The number of rotatable bonds is 6. The van der Waals surface area contributed by atoms with Crippen LogP contribution >= 0.6 is 0 Å². The van der Waals surface area contributed by atoms with Gasteiger partial charge in [0.05, 0.1) is 6.54 Å². The van der Waals surface area contributed by atoms with Gasteiger partial charge in [0.25, 0.3) is 0 Å². The molecule has 1 aliphatic heterocycles. The molecule has 0 spiro atoms. The summed E-state index contributed by atoms with van der Waals surface area (Å²) in [5, 5.41) is 6.91. The van der Waals surface area contributed by atoms with Crippen LogP contribution in [0.4, 0.5) is 0 Å². The maximum atomic E-state index is 4.80. The lowest BCUT2D eigenvalue weighted by molar-refractivity contribution is 0.109. The lowest BCUT2D eigenvalue weighted by Crippen LogP contribution is -2.50. The van der Waals surface area contributed by atoms with E-state index in [9.17, 15) is 0 Å². The molecule has 0 amide bonds. The van der Waals surface area contributed by atoms with Crippen molar-refractivity contribution in [2.24, 2.45) is 4.99 Å². The molecule has 5 nitrogen and oxygen atoms in total. The van der Waals surface area contributed by atoms with Crippen LogP contribution in [-0.4, -0.2) is 73.7 Å². The van der Waals surface area contributed by atoms with Gasteiger partial charge < -0.3 is 15.5 Å². The molecule has 1 unspecified atom stereocenters. The van der Waals surface area contributed by atoms with E-state index in [2.05, 4.69) is 53.4 Å². The highest BCUT2D eigenvalue weighted by Crippen LogP contribution is 2.09. The number of piperazine rings is 1. The third kappa shape index (κ3) is 5.29. The van der Waals surface area contributed by atoms with Crippen LogP contribution in [0.15, 0.2) is 17.1 Å². The Morgan fingerprint density at radius 3 is 2.45 bits per heavy atom. The standard InChI is InChI=1S/C17H33N5/c1-4-18-17(20-16-8-6-7-9-16)19-14-15(3)22-12-10-21(5-2)11-13-22/h6-7,15-16H,4-5,8-14H2,1-3H3,(H2,18,19,20). The Labute approximate surface area is 135 Å². The lowest BCUT2D eigenvalue weighted by Gasteiger charge is -2.37. The van der Waals surface area contributed by atoms with Crippen LogP contribution in [0.25, 0.3) is 0 Å². The molecule has 1 aliphatic carbocycles. The van der Waals surface area contributed by atoms with Crippen LogP contribution in [0.1, 0.15) is 33.6 Å². The van der Waals surface area contributed by atoms with Crippen LogP contribution in [0, 0.1) is 0 Å². The van der Waals surface area contributed by atoms with E-state index in [1.165, 1.54) is 32.7 Å². The van der Waals surface area contributed by atoms with Crippen LogP contribution in [0.3, 0.4) is 0 Å². The SMILES string of the molecule is CCNC(=NCC(C)N1CCN(CC)CC1)NC1CC=CC1. The summed E-state index contributed by atoms with van der Waals surface area (Å²) in [6.07, 6.45) is 6.71. The number of guanidine groups is 1. The monoisotopic (exact) mass is 307 g/mol. The quantitative estimate of drug-likeness (QED) is 0.441. The number of hydrogen-bond donors (Lipinski definition) is 2. The molecular weight excluding hydrogens is 274 g/mol. The zero-order valence-electron chi connectivity index (χ0n) is 14.5. The van der Waals surface area contributed by atoms with Gasteiger partial charge in [0.2, 0.25) is 0 Å². The van der Waals surface area contributed by atoms with Gasteiger partial charge in [-0.15, -0.1) is 0 Å². The zero-order valence-corrected chi connectivity index (χ0v) is 14.5. The number of aliphatic imine (C=N–C) groups is 1. The summed E-state index contributed by atoms with van der Waals surface area (Å²) < 4.78 is 0. The van der Waals surface area contributed by atoms with E-state index in [-0.39, 0.29) is 0 Å². The van der Waals surface area contributed by atoms with Gasteiger partial charge in [-0.2, -0.15) is 0 Å². The lowest BCUT2D eigenvalue weighted by atomic mass is 10.2. The Morgan fingerprint density at radius 1 is 1.18 bits per heavy atom. The largest absolute Gasteiger partial charge is 0.357 e. The van der Waals surface area contributed by atoms with Gasteiger partial charge in [-0.25, -0.2) is 0 Å². The first-order chi connectivity index (χ1) is 10.7. The van der Waals surface area contributed by atoms with E-state index in [4.69, 9.17) is 4.99 Å². The fourth-order valence-corrected chi connectivity index (χ4v) is 3.11. The molecule has 1 saturated heterocycles. The second kappa shape index (κ2) is 9.16. The van der Waals surface area contributed by atoms with Crippen molar-refractivity contribution in [2.75, 3.05) is 45.8 Å². The fraction of sp³-hybridized carbons (Fsp3) is 0.824. The molecular formula is C17H33N5. The second-order valence-corrected chi connectivity index (χ2v) is 6.32. The van der Waals surface area contributed by atoms with Gasteiger partial charge in [0.1, 0.15) is 0 Å². The van der Waals surface area contributed by atoms with Crippen molar-refractivity contribution in [3.63, 3.8) is 0 Å². The third-order valence-electron chi connectivity index (χ3n) is 4.68. The molecule has 5 heteroatoms. The molecule has 2 aliphatic rings. The van der Waals surface area contributed by atoms with Crippen LogP contribution in [-0.2, 0) is 0 Å². The predicted octanol–water partition coefficient (Wildman–Crippen LogP) is 1.29. The Hall–Kier alpha value is -1.07. The molecule has 0 aromatic rings. The highest BCUT2D eigenvalue weighted by Gasteiger charge is 2.20. The highest BCUT2D eigenvalue weighted by atomic mass is 15.3. The summed E-state index contributed by atoms with van der Waals surface area (Å²) in [5.74, 6) is 0.968. The van der Waals surface area contributed by atoms with Crippen LogP contribution in [0.5, 0.6) is 0 Å². The summed E-state index contributed by atoms with van der Waals surface area (Å²) in [4.78, 5) is 9.89. The summed E-state index contributed by atoms with van der Waals surface area (Å²) in [6, 6.07) is 1.03. The van der Waals surface area contributed by atoms with Gasteiger partial charge in [0, 0.05) is 44.8 Å². The summed E-state index contributed by atoms with van der Waals surface area (Å²) >= 11 is 0. The topological polar surface area (TPSA) is 42.9 Å². The molecule has 2 rings (SSSR count). The molecule has 0 radical (unpaired) electrons. The van der Waals surface area contributed by atoms with Crippen molar-refractivity contribution < 1.29 is 0 Å². The van der Waals surface area contributed by atoms with E-state index in [0.717, 1.165) is 31.9 Å². The smallest absolute Gasteiger partial charge is 0.191 e. The van der Waals surface area contributed by atoms with E-state index >= 15 is 0 Å². The van der Waals surface area contributed by atoms with Crippen molar-refractivity contribution >= 4 is 5.96 Å². The summed E-state index contributed by atoms with van der Waals surface area (Å²) in [7, 11) is 0. The first-order valence-electron chi connectivity index (χ1n) is 8.89. The molecule has 2 N–H and O–H groups in total. The van der Waals surface area contributed by atoms with E-state index in [1.807, 2.05) is 0 Å². The number of nitrogens with zero attached hydrogens (tertiary/aromatic N) is 3. The Balaban J connectivity index is 1.78. The van der Waals surface area contributed by atoms with Crippen molar-refractivity contribution in [1.29, 1.82) is 0 Å². The number of nitrogens with one attached hydrogen (secondary N) is 2. The van der Waals surface area contributed by atoms with Crippen molar-refractivity contribution in [3.8, 4) is 0 Å². The Kier molecular flexibility index (Phi) is 7.19. The summed E-state index contributed by atoms with van der Waals surface area (Å²) in [5.41, 5.74) is 0. The van der Waals surface area contributed by atoms with E-state index in [1.54, 1.807) is 0 Å². The van der Waals surface area contributed by atoms with Crippen molar-refractivity contribution in [3.05, 3.63) is 12.2 Å². The van der Waals surface area contributed by atoms with Crippen LogP contribution < -0.4 is 10.6 Å². The average molecular weight is 307 g/mol. The maximum Gasteiger partial charge on any atom is 0.191 e. The highest BCUT2D eigenvalue weighted by molar-refractivity contribution is 5.80. The zero-order chi connectivity index (χ0) is 15.8. The molecule has 0 bridgehead atoms. The second-order valence-electron chi connectivity index (χ2n) is 6.32. The van der Waals surface area contributed by atoms with Crippen molar-refractivity contribution in [1.82, 2.24) is 20.4 Å². The third-order valence-corrected chi connectivity index (χ3v) is 4.68. The molecule has 0 aromatic carbocycles. The van der Waals surface area contributed by atoms with Gasteiger partial charge in [-0.1, -0.05) is 19.1 Å². The summed E-state index contributed by atoms with van der Waals surface area (Å²) in [6.45, 7) is 14.3. The fourth-order valence-electron chi connectivity index (χ4n) is 3.11. The van der Waals surface area contributed by atoms with Crippen LogP contribution in [0.2, 0.25) is 0 Å². The molecule has 1 heterocycles. The molecule has 1 fully saturated rings. The van der Waals surface area contributed by atoms with Crippen molar-refractivity contribution in [2.45, 2.75) is 45.7 Å².